The quantitative estimate of drug-likeness (QED) is 0.797. The van der Waals surface area contributed by atoms with Crippen molar-refractivity contribution in [2.45, 2.75) is 26.8 Å². The third kappa shape index (κ3) is 2.21. The summed E-state index contributed by atoms with van der Waals surface area (Å²) < 4.78 is 1.98. The van der Waals surface area contributed by atoms with E-state index < -0.39 is 0 Å². The summed E-state index contributed by atoms with van der Waals surface area (Å²) in [4.78, 5) is 11.6. The monoisotopic (exact) mass is 272 g/mol. The molecule has 0 saturated carbocycles. The van der Waals surface area contributed by atoms with Crippen LogP contribution >= 0.6 is 11.3 Å². The van der Waals surface area contributed by atoms with Gasteiger partial charge in [0.25, 0.3) is 0 Å². The number of aromatic nitrogens is 3. The number of hydrogen-bond donors (Lipinski definition) is 1. The molecule has 0 aliphatic heterocycles. The molecule has 0 amide bonds. The SMILES string of the molecule is CCc1ccc(Cn2c(N)nc3ccc(C)nc32)s1. The Kier molecular flexibility index (Phi) is 2.98. The van der Waals surface area contributed by atoms with Crippen LogP contribution in [0.5, 0.6) is 0 Å². The second-order valence-electron chi connectivity index (χ2n) is 4.57. The van der Waals surface area contributed by atoms with Crippen LogP contribution in [-0.4, -0.2) is 14.5 Å². The van der Waals surface area contributed by atoms with E-state index in [-0.39, 0.29) is 0 Å². The maximum absolute atomic E-state index is 6.01. The zero-order valence-corrected chi connectivity index (χ0v) is 11.9. The molecule has 5 heteroatoms. The van der Waals surface area contributed by atoms with Crippen LogP contribution < -0.4 is 5.73 Å². The standard InChI is InChI=1S/C14H16N4S/c1-3-10-5-6-11(19-10)8-18-13-12(17-14(18)15)7-4-9(2)16-13/h4-7H,3,8H2,1-2H3,(H2,15,17). The number of anilines is 1. The van der Waals surface area contributed by atoms with Gasteiger partial charge in [0.1, 0.15) is 5.52 Å². The summed E-state index contributed by atoms with van der Waals surface area (Å²) in [5.41, 5.74) is 8.71. The average Bonchev–Trinajstić information content (AvgIpc) is 2.96. The maximum Gasteiger partial charge on any atom is 0.202 e. The van der Waals surface area contributed by atoms with Gasteiger partial charge in [0.05, 0.1) is 6.54 Å². The Morgan fingerprint density at radius 3 is 2.68 bits per heavy atom. The number of rotatable bonds is 3. The Morgan fingerprint density at radius 2 is 1.95 bits per heavy atom. The molecule has 3 aromatic rings. The van der Waals surface area contributed by atoms with Crippen LogP contribution in [0.4, 0.5) is 5.95 Å². The van der Waals surface area contributed by atoms with Crippen LogP contribution in [0.15, 0.2) is 24.3 Å². The largest absolute Gasteiger partial charge is 0.369 e. The molecule has 2 N–H and O–H groups in total. The fourth-order valence-corrected chi connectivity index (χ4v) is 3.07. The van der Waals surface area contributed by atoms with E-state index in [1.165, 1.54) is 9.75 Å². The molecule has 0 spiro atoms. The van der Waals surface area contributed by atoms with E-state index in [0.717, 1.165) is 29.8 Å². The lowest BCUT2D eigenvalue weighted by Gasteiger charge is -2.04. The Morgan fingerprint density at radius 1 is 1.16 bits per heavy atom. The molecule has 4 nitrogen and oxygen atoms in total. The number of fused-ring (bicyclic) bond motifs is 1. The zero-order valence-electron chi connectivity index (χ0n) is 11.1. The fraction of sp³-hybridized carbons (Fsp3) is 0.286. The van der Waals surface area contributed by atoms with Crippen molar-refractivity contribution in [3.05, 3.63) is 39.7 Å². The minimum Gasteiger partial charge on any atom is -0.369 e. The van der Waals surface area contributed by atoms with Crippen molar-refractivity contribution < 1.29 is 0 Å². The van der Waals surface area contributed by atoms with Crippen molar-refractivity contribution >= 4 is 28.4 Å². The topological polar surface area (TPSA) is 56.7 Å². The second-order valence-corrected chi connectivity index (χ2v) is 5.83. The highest BCUT2D eigenvalue weighted by atomic mass is 32.1. The summed E-state index contributed by atoms with van der Waals surface area (Å²) >= 11 is 1.82. The van der Waals surface area contributed by atoms with Crippen LogP contribution in [0.3, 0.4) is 0 Å². The summed E-state index contributed by atoms with van der Waals surface area (Å²) in [6.45, 7) is 4.89. The predicted molar refractivity (Wildman–Crippen MR) is 79.5 cm³/mol. The smallest absolute Gasteiger partial charge is 0.202 e. The lowest BCUT2D eigenvalue weighted by molar-refractivity contribution is 0.839. The van der Waals surface area contributed by atoms with Gasteiger partial charge in [0.15, 0.2) is 5.65 Å². The number of nitrogens with zero attached hydrogens (tertiary/aromatic N) is 3. The first kappa shape index (κ1) is 12.2. The van der Waals surface area contributed by atoms with E-state index >= 15 is 0 Å². The van der Waals surface area contributed by atoms with Crippen LogP contribution in [0, 0.1) is 6.92 Å². The van der Waals surface area contributed by atoms with Gasteiger partial charge in [-0.3, -0.25) is 4.57 Å². The molecule has 0 saturated heterocycles. The summed E-state index contributed by atoms with van der Waals surface area (Å²) in [6.07, 6.45) is 1.07. The Labute approximate surface area is 115 Å². The molecule has 0 aliphatic carbocycles. The molecule has 0 unspecified atom stereocenters. The highest BCUT2D eigenvalue weighted by molar-refractivity contribution is 7.11. The van der Waals surface area contributed by atoms with Crippen LogP contribution in [0.2, 0.25) is 0 Å². The highest BCUT2D eigenvalue weighted by Crippen LogP contribution is 2.22. The van der Waals surface area contributed by atoms with E-state index in [9.17, 15) is 0 Å². The van der Waals surface area contributed by atoms with E-state index in [2.05, 4.69) is 29.0 Å². The van der Waals surface area contributed by atoms with Crippen LogP contribution in [0.25, 0.3) is 11.2 Å². The lowest BCUT2D eigenvalue weighted by Crippen LogP contribution is -2.04. The molecule has 3 heterocycles. The molecule has 19 heavy (non-hydrogen) atoms. The van der Waals surface area contributed by atoms with Gasteiger partial charge in [0.2, 0.25) is 5.95 Å². The number of aryl methyl sites for hydroxylation is 2. The summed E-state index contributed by atoms with van der Waals surface area (Å²) in [6, 6.07) is 8.26. The van der Waals surface area contributed by atoms with Crippen molar-refractivity contribution in [1.29, 1.82) is 0 Å². The minimum atomic E-state index is 0.527. The number of thiophene rings is 1. The fourth-order valence-electron chi connectivity index (χ4n) is 2.12. The first-order chi connectivity index (χ1) is 9.17. The first-order valence-corrected chi connectivity index (χ1v) is 7.16. The molecule has 0 atom stereocenters. The molecule has 98 valence electrons. The Bertz CT molecular complexity index is 726. The summed E-state index contributed by atoms with van der Waals surface area (Å²) in [7, 11) is 0. The molecular formula is C14H16N4S. The van der Waals surface area contributed by atoms with Gasteiger partial charge < -0.3 is 5.73 Å². The Balaban J connectivity index is 2.04. The van der Waals surface area contributed by atoms with Crippen molar-refractivity contribution in [3.8, 4) is 0 Å². The molecule has 0 radical (unpaired) electrons. The first-order valence-electron chi connectivity index (χ1n) is 6.34. The van der Waals surface area contributed by atoms with Crippen LogP contribution in [-0.2, 0) is 13.0 Å². The average molecular weight is 272 g/mol. The van der Waals surface area contributed by atoms with E-state index in [0.29, 0.717) is 5.95 Å². The van der Waals surface area contributed by atoms with Gasteiger partial charge in [-0.05, 0) is 37.6 Å². The van der Waals surface area contributed by atoms with Crippen LogP contribution in [0.1, 0.15) is 22.4 Å². The number of nitrogens with two attached hydrogens (primary N) is 1. The van der Waals surface area contributed by atoms with Gasteiger partial charge in [-0.15, -0.1) is 11.3 Å². The summed E-state index contributed by atoms with van der Waals surface area (Å²) in [5, 5.41) is 0. The number of nitrogen functional groups attached to an aromatic ring is 1. The van der Waals surface area contributed by atoms with Gasteiger partial charge in [0, 0.05) is 15.4 Å². The normalized spacial score (nSPS) is 11.3. The molecular weight excluding hydrogens is 256 g/mol. The highest BCUT2D eigenvalue weighted by Gasteiger charge is 2.11. The molecule has 0 aromatic carbocycles. The van der Waals surface area contributed by atoms with Gasteiger partial charge >= 0.3 is 0 Å². The van der Waals surface area contributed by atoms with Gasteiger partial charge in [-0.2, -0.15) is 0 Å². The molecule has 3 rings (SSSR count). The molecule has 0 bridgehead atoms. The maximum atomic E-state index is 6.01. The van der Waals surface area contributed by atoms with Gasteiger partial charge in [-0.1, -0.05) is 6.92 Å². The third-order valence-corrected chi connectivity index (χ3v) is 4.36. The molecule has 0 fully saturated rings. The number of imidazole rings is 1. The van der Waals surface area contributed by atoms with Crippen molar-refractivity contribution in [2.24, 2.45) is 0 Å². The van der Waals surface area contributed by atoms with E-state index in [4.69, 9.17) is 5.73 Å². The van der Waals surface area contributed by atoms with E-state index in [1.807, 2.05) is 35.0 Å². The minimum absolute atomic E-state index is 0.527. The van der Waals surface area contributed by atoms with Crippen molar-refractivity contribution in [1.82, 2.24) is 14.5 Å². The second kappa shape index (κ2) is 4.66. The van der Waals surface area contributed by atoms with E-state index in [1.54, 1.807) is 0 Å². The summed E-state index contributed by atoms with van der Waals surface area (Å²) in [5.74, 6) is 0.527. The third-order valence-electron chi connectivity index (χ3n) is 3.14. The van der Waals surface area contributed by atoms with Crippen molar-refractivity contribution in [3.63, 3.8) is 0 Å². The van der Waals surface area contributed by atoms with Gasteiger partial charge in [-0.25, -0.2) is 9.97 Å². The number of hydrogen-bond acceptors (Lipinski definition) is 4. The Hall–Kier alpha value is -1.88. The molecule has 3 aromatic heterocycles. The number of pyridine rings is 1. The predicted octanol–water partition coefficient (Wildman–Crippen LogP) is 2.99. The lowest BCUT2D eigenvalue weighted by atomic mass is 10.3. The zero-order chi connectivity index (χ0) is 13.4. The van der Waals surface area contributed by atoms with Crippen molar-refractivity contribution in [2.75, 3.05) is 5.73 Å². The molecule has 0 aliphatic rings.